The van der Waals surface area contributed by atoms with Gasteiger partial charge in [-0.15, -0.1) is 10.1 Å². The predicted molar refractivity (Wildman–Crippen MR) is 40.2 cm³/mol. The van der Waals surface area contributed by atoms with Crippen molar-refractivity contribution in [2.24, 2.45) is 10.8 Å². The van der Waals surface area contributed by atoms with E-state index in [-0.39, 0.29) is 24.2 Å². The van der Waals surface area contributed by atoms with Gasteiger partial charge in [-0.1, -0.05) is 0 Å². The highest BCUT2D eigenvalue weighted by atomic mass is 16.4. The third kappa shape index (κ3) is 0.931. The molecule has 1 aliphatic rings. The Bertz CT molecular complexity index is 329. The van der Waals surface area contributed by atoms with E-state index in [1.807, 2.05) is 0 Å². The van der Waals surface area contributed by atoms with Gasteiger partial charge in [0.25, 0.3) is 5.91 Å². The molecule has 1 aromatic rings. The van der Waals surface area contributed by atoms with Crippen LogP contribution in [0.1, 0.15) is 6.42 Å². The summed E-state index contributed by atoms with van der Waals surface area (Å²) in [6.07, 6.45) is 2.93. The Labute approximate surface area is 67.7 Å². The number of rotatable bonds is 1. The Morgan fingerprint density at radius 1 is 1.67 bits per heavy atom. The van der Waals surface area contributed by atoms with Crippen LogP contribution in [0.4, 0.5) is 6.01 Å². The molecule has 0 saturated carbocycles. The molecule has 0 aromatic carbocycles. The van der Waals surface area contributed by atoms with Crippen LogP contribution in [-0.2, 0) is 4.79 Å². The molecule has 2 N–H and O–H groups in total. The number of nitrogens with two attached hydrogens (primary N) is 1. The molecule has 1 amide bonds. The van der Waals surface area contributed by atoms with Gasteiger partial charge in [0, 0.05) is 0 Å². The van der Waals surface area contributed by atoms with Gasteiger partial charge in [-0.2, -0.15) is 0 Å². The fourth-order valence-corrected chi connectivity index (χ4v) is 0.919. The Morgan fingerprint density at radius 3 is 3.00 bits per heavy atom. The maximum atomic E-state index is 11.1. The Morgan fingerprint density at radius 2 is 2.50 bits per heavy atom. The first kappa shape index (κ1) is 6.84. The minimum atomic E-state index is -0.227. The van der Waals surface area contributed by atoms with Crippen molar-refractivity contribution < 1.29 is 9.21 Å². The van der Waals surface area contributed by atoms with Gasteiger partial charge < -0.3 is 10.2 Å². The molecule has 1 aromatic heterocycles. The van der Waals surface area contributed by atoms with E-state index >= 15 is 0 Å². The molecule has 2 rings (SSSR count). The van der Waals surface area contributed by atoms with Crippen molar-refractivity contribution in [2.75, 3.05) is 5.01 Å². The molecule has 6 heteroatoms. The Kier molecular flexibility index (Phi) is 1.33. The largest absolute Gasteiger partial charge is 0.431 e. The average molecular weight is 166 g/mol. The van der Waals surface area contributed by atoms with Crippen molar-refractivity contribution in [3.05, 3.63) is 12.5 Å². The van der Waals surface area contributed by atoms with Crippen LogP contribution in [0.5, 0.6) is 0 Å². The Balaban J connectivity index is 2.31. The lowest BCUT2D eigenvalue weighted by Gasteiger charge is -2.03. The van der Waals surface area contributed by atoms with Crippen molar-refractivity contribution >= 4 is 17.8 Å². The molecule has 2 heterocycles. The number of hydrazone groups is 1. The van der Waals surface area contributed by atoms with Gasteiger partial charge in [0.05, 0.1) is 12.6 Å². The SMILES string of the molecule is NC1=NN(c2ncco2)C(=O)C1. The lowest BCUT2D eigenvalue weighted by atomic mass is 10.4. The van der Waals surface area contributed by atoms with E-state index in [0.717, 1.165) is 5.01 Å². The van der Waals surface area contributed by atoms with Crippen molar-refractivity contribution in [1.29, 1.82) is 0 Å². The number of hydrogen-bond acceptors (Lipinski definition) is 5. The average Bonchev–Trinajstić information content (AvgIpc) is 2.58. The molecule has 0 saturated heterocycles. The van der Waals surface area contributed by atoms with Gasteiger partial charge in [0.2, 0.25) is 0 Å². The van der Waals surface area contributed by atoms with Crippen molar-refractivity contribution in [3.63, 3.8) is 0 Å². The van der Waals surface area contributed by atoms with Gasteiger partial charge in [-0.3, -0.25) is 4.79 Å². The second-order valence-electron chi connectivity index (χ2n) is 2.29. The van der Waals surface area contributed by atoms with Crippen LogP contribution in [0.15, 0.2) is 22.0 Å². The van der Waals surface area contributed by atoms with E-state index in [2.05, 4.69) is 10.1 Å². The summed E-state index contributed by atoms with van der Waals surface area (Å²) in [5.74, 6) is 0.0492. The molecule has 12 heavy (non-hydrogen) atoms. The third-order valence-corrected chi connectivity index (χ3v) is 1.40. The van der Waals surface area contributed by atoms with Crippen molar-refractivity contribution in [2.45, 2.75) is 6.42 Å². The van der Waals surface area contributed by atoms with Crippen LogP contribution < -0.4 is 10.7 Å². The predicted octanol–water partition coefficient (Wildman–Crippen LogP) is -0.317. The zero-order valence-electron chi connectivity index (χ0n) is 6.10. The van der Waals surface area contributed by atoms with Gasteiger partial charge in [0.1, 0.15) is 12.1 Å². The molecule has 0 bridgehead atoms. The van der Waals surface area contributed by atoms with Crippen LogP contribution >= 0.6 is 0 Å². The molecular weight excluding hydrogens is 160 g/mol. The number of amidine groups is 1. The summed E-state index contributed by atoms with van der Waals surface area (Å²) in [7, 11) is 0. The summed E-state index contributed by atoms with van der Waals surface area (Å²) >= 11 is 0. The van der Waals surface area contributed by atoms with Crippen molar-refractivity contribution in [1.82, 2.24) is 4.98 Å². The van der Waals surface area contributed by atoms with E-state index in [1.165, 1.54) is 12.5 Å². The van der Waals surface area contributed by atoms with E-state index in [4.69, 9.17) is 10.2 Å². The standard InChI is InChI=1S/C6H6N4O2/c7-4-3-5(11)10(9-4)6-8-1-2-12-6/h1-2H,3H2,(H2,7,9). The first-order chi connectivity index (χ1) is 5.77. The van der Waals surface area contributed by atoms with Crippen LogP contribution in [0.2, 0.25) is 0 Å². The molecular formula is C6H6N4O2. The van der Waals surface area contributed by atoms with Crippen LogP contribution in [0, 0.1) is 0 Å². The summed E-state index contributed by atoms with van der Waals surface area (Å²) in [5.41, 5.74) is 5.34. The fourth-order valence-electron chi connectivity index (χ4n) is 0.919. The molecule has 1 aliphatic heterocycles. The molecule has 0 unspecified atom stereocenters. The topological polar surface area (TPSA) is 84.7 Å². The van der Waals surface area contributed by atoms with E-state index < -0.39 is 0 Å². The van der Waals surface area contributed by atoms with E-state index in [0.29, 0.717) is 0 Å². The summed E-state index contributed by atoms with van der Waals surface area (Å²) < 4.78 is 4.87. The van der Waals surface area contributed by atoms with Crippen LogP contribution in [-0.4, -0.2) is 16.7 Å². The molecule has 0 aliphatic carbocycles. The van der Waals surface area contributed by atoms with Gasteiger partial charge in [-0.05, 0) is 0 Å². The minimum absolute atomic E-state index is 0.127. The molecule has 0 atom stereocenters. The lowest BCUT2D eigenvalue weighted by Crippen LogP contribution is -2.19. The molecule has 62 valence electrons. The normalized spacial score (nSPS) is 16.8. The molecule has 0 fully saturated rings. The summed E-state index contributed by atoms with van der Waals surface area (Å²) in [4.78, 5) is 14.9. The highest BCUT2D eigenvalue weighted by molar-refractivity contribution is 6.10. The first-order valence-corrected chi connectivity index (χ1v) is 3.33. The number of nitrogens with zero attached hydrogens (tertiary/aromatic N) is 3. The summed E-state index contributed by atoms with van der Waals surface area (Å²) in [5, 5.41) is 4.78. The molecule has 0 radical (unpaired) electrons. The number of aromatic nitrogens is 1. The zero-order valence-corrected chi connectivity index (χ0v) is 6.10. The minimum Gasteiger partial charge on any atom is -0.431 e. The van der Waals surface area contributed by atoms with Crippen LogP contribution in [0.3, 0.4) is 0 Å². The van der Waals surface area contributed by atoms with Gasteiger partial charge in [-0.25, -0.2) is 4.98 Å². The fraction of sp³-hybridized carbons (Fsp3) is 0.167. The number of oxazole rings is 1. The smallest absolute Gasteiger partial charge is 0.325 e. The summed E-state index contributed by atoms with van der Waals surface area (Å²) in [6, 6.07) is 0.153. The number of carbonyl (C=O) groups is 1. The highest BCUT2D eigenvalue weighted by Gasteiger charge is 2.26. The first-order valence-electron chi connectivity index (χ1n) is 3.33. The zero-order chi connectivity index (χ0) is 8.55. The van der Waals surface area contributed by atoms with E-state index in [1.54, 1.807) is 0 Å². The van der Waals surface area contributed by atoms with Crippen molar-refractivity contribution in [3.8, 4) is 0 Å². The maximum absolute atomic E-state index is 11.1. The highest BCUT2D eigenvalue weighted by Crippen LogP contribution is 2.15. The molecule has 0 spiro atoms. The number of anilines is 1. The second kappa shape index (κ2) is 2.33. The quantitative estimate of drug-likeness (QED) is 0.619. The lowest BCUT2D eigenvalue weighted by molar-refractivity contribution is -0.117. The number of carbonyl (C=O) groups excluding carboxylic acids is 1. The third-order valence-electron chi connectivity index (χ3n) is 1.40. The number of hydrogen-bond donors (Lipinski definition) is 1. The summed E-state index contributed by atoms with van der Waals surface area (Å²) in [6.45, 7) is 0. The monoisotopic (exact) mass is 166 g/mol. The second-order valence-corrected chi connectivity index (χ2v) is 2.29. The maximum Gasteiger partial charge on any atom is 0.325 e. The Hall–Kier alpha value is -1.85. The molecule has 6 nitrogen and oxygen atoms in total. The van der Waals surface area contributed by atoms with Gasteiger partial charge in [0.15, 0.2) is 0 Å². The van der Waals surface area contributed by atoms with E-state index in [9.17, 15) is 4.79 Å². The van der Waals surface area contributed by atoms with Crippen LogP contribution in [0.25, 0.3) is 0 Å². The number of amides is 1. The van der Waals surface area contributed by atoms with Gasteiger partial charge >= 0.3 is 6.01 Å².